The van der Waals surface area contributed by atoms with E-state index in [1.165, 1.54) is 11.3 Å². The fourth-order valence-electron chi connectivity index (χ4n) is 1.35. The zero-order valence-electron chi connectivity index (χ0n) is 10.0. The van der Waals surface area contributed by atoms with E-state index in [0.717, 1.165) is 18.7 Å². The molecule has 0 saturated heterocycles. The molecule has 0 bridgehead atoms. The summed E-state index contributed by atoms with van der Waals surface area (Å²) in [7, 11) is 0. The van der Waals surface area contributed by atoms with Crippen LogP contribution in [0.4, 0.5) is 10.8 Å². The Balaban J connectivity index is 1.98. The lowest BCUT2D eigenvalue weighted by Gasteiger charge is -2.05. The number of hydrogen-bond acceptors (Lipinski definition) is 5. The second-order valence-corrected chi connectivity index (χ2v) is 4.54. The van der Waals surface area contributed by atoms with Crippen LogP contribution in [0.15, 0.2) is 29.9 Å². The van der Waals surface area contributed by atoms with E-state index in [0.29, 0.717) is 10.8 Å². The maximum atomic E-state index is 11.8. The fourth-order valence-corrected chi connectivity index (χ4v) is 1.87. The number of pyridine rings is 1. The highest BCUT2D eigenvalue weighted by atomic mass is 32.1. The molecule has 0 spiro atoms. The fraction of sp³-hybridized carbons (Fsp3) is 0.250. The maximum absolute atomic E-state index is 11.8. The number of carbonyl (C=O) groups is 1. The first kappa shape index (κ1) is 12.5. The normalized spacial score (nSPS) is 10.1. The third kappa shape index (κ3) is 3.27. The summed E-state index contributed by atoms with van der Waals surface area (Å²) in [5.41, 5.74) is 1.30. The van der Waals surface area contributed by atoms with Gasteiger partial charge in [-0.3, -0.25) is 10.1 Å². The molecule has 2 N–H and O–H groups in total. The second kappa shape index (κ2) is 6.11. The van der Waals surface area contributed by atoms with Gasteiger partial charge in [-0.15, -0.1) is 11.3 Å². The van der Waals surface area contributed by atoms with Crippen LogP contribution in [0.5, 0.6) is 0 Å². The molecule has 0 radical (unpaired) electrons. The molecule has 2 aromatic rings. The number of thiazole rings is 1. The topological polar surface area (TPSA) is 66.9 Å². The van der Waals surface area contributed by atoms with Crippen LogP contribution in [0.1, 0.15) is 23.8 Å². The Kier molecular flexibility index (Phi) is 4.25. The molecular weight excluding hydrogens is 248 g/mol. The zero-order chi connectivity index (χ0) is 12.8. The van der Waals surface area contributed by atoms with E-state index < -0.39 is 0 Å². The van der Waals surface area contributed by atoms with Crippen LogP contribution in [0.3, 0.4) is 0 Å². The third-order valence-corrected chi connectivity index (χ3v) is 2.92. The Morgan fingerprint density at radius 2 is 2.28 bits per heavy atom. The zero-order valence-corrected chi connectivity index (χ0v) is 10.8. The van der Waals surface area contributed by atoms with Gasteiger partial charge in [-0.25, -0.2) is 9.97 Å². The summed E-state index contributed by atoms with van der Waals surface area (Å²) in [6, 6.07) is 3.54. The average Bonchev–Trinajstić information content (AvgIpc) is 2.89. The molecule has 0 aliphatic carbocycles. The Morgan fingerprint density at radius 1 is 1.39 bits per heavy atom. The molecule has 1 amide bonds. The van der Waals surface area contributed by atoms with E-state index in [-0.39, 0.29) is 5.91 Å². The predicted molar refractivity (Wildman–Crippen MR) is 73.1 cm³/mol. The SMILES string of the molecule is CCCNc1ccc(C(=O)Nc2nccs2)nc1. The standard InChI is InChI=1S/C12H14N4OS/c1-2-5-13-9-3-4-10(15-8-9)11(17)16-12-14-6-7-18-12/h3-4,6-8,13H,2,5H2,1H3,(H,14,16,17). The number of anilines is 2. The summed E-state index contributed by atoms with van der Waals surface area (Å²) in [5, 5.41) is 8.27. The number of rotatable bonds is 5. The van der Waals surface area contributed by atoms with Crippen molar-refractivity contribution < 1.29 is 4.79 Å². The van der Waals surface area contributed by atoms with Crippen molar-refractivity contribution in [2.45, 2.75) is 13.3 Å². The summed E-state index contributed by atoms with van der Waals surface area (Å²) in [5.74, 6) is -0.244. The quantitative estimate of drug-likeness (QED) is 0.869. The summed E-state index contributed by atoms with van der Waals surface area (Å²) >= 11 is 1.38. The van der Waals surface area contributed by atoms with Crippen molar-refractivity contribution in [3.05, 3.63) is 35.6 Å². The van der Waals surface area contributed by atoms with Gasteiger partial charge in [0.05, 0.1) is 11.9 Å². The van der Waals surface area contributed by atoms with Crippen molar-refractivity contribution >= 4 is 28.1 Å². The van der Waals surface area contributed by atoms with Crippen LogP contribution >= 0.6 is 11.3 Å². The van der Waals surface area contributed by atoms with Gasteiger partial charge in [0.1, 0.15) is 5.69 Å². The Hall–Kier alpha value is -1.95. The summed E-state index contributed by atoms with van der Waals surface area (Å²) < 4.78 is 0. The number of carbonyl (C=O) groups excluding carboxylic acids is 1. The first-order valence-electron chi connectivity index (χ1n) is 5.70. The van der Waals surface area contributed by atoms with Gasteiger partial charge in [0.25, 0.3) is 5.91 Å². The monoisotopic (exact) mass is 262 g/mol. The molecule has 0 aliphatic rings. The molecule has 94 valence electrons. The molecule has 2 rings (SSSR count). The number of amides is 1. The van der Waals surface area contributed by atoms with Gasteiger partial charge >= 0.3 is 0 Å². The lowest BCUT2D eigenvalue weighted by molar-refractivity contribution is 0.102. The van der Waals surface area contributed by atoms with Gasteiger partial charge in [-0.1, -0.05) is 6.92 Å². The van der Waals surface area contributed by atoms with E-state index in [2.05, 4.69) is 27.5 Å². The molecule has 0 unspecified atom stereocenters. The largest absolute Gasteiger partial charge is 0.384 e. The predicted octanol–water partition coefficient (Wildman–Crippen LogP) is 2.61. The minimum atomic E-state index is -0.244. The van der Waals surface area contributed by atoms with Gasteiger partial charge in [0, 0.05) is 18.1 Å². The highest BCUT2D eigenvalue weighted by Gasteiger charge is 2.08. The molecule has 2 heterocycles. The van der Waals surface area contributed by atoms with Crippen molar-refractivity contribution in [1.29, 1.82) is 0 Å². The molecule has 0 aliphatic heterocycles. The summed E-state index contributed by atoms with van der Waals surface area (Å²) in [6.07, 6.45) is 4.35. The highest BCUT2D eigenvalue weighted by Crippen LogP contribution is 2.12. The molecule has 0 fully saturated rings. The average molecular weight is 262 g/mol. The van der Waals surface area contributed by atoms with Crippen molar-refractivity contribution in [2.75, 3.05) is 17.2 Å². The molecule has 0 saturated carbocycles. The minimum absolute atomic E-state index is 0.244. The van der Waals surface area contributed by atoms with Crippen molar-refractivity contribution in [2.24, 2.45) is 0 Å². The molecule has 5 nitrogen and oxygen atoms in total. The van der Waals surface area contributed by atoms with E-state index in [1.54, 1.807) is 23.8 Å². The minimum Gasteiger partial charge on any atom is -0.384 e. The van der Waals surface area contributed by atoms with Gasteiger partial charge in [-0.2, -0.15) is 0 Å². The third-order valence-electron chi connectivity index (χ3n) is 2.23. The molecule has 0 aromatic carbocycles. The van der Waals surface area contributed by atoms with Gasteiger partial charge in [-0.05, 0) is 18.6 Å². The van der Waals surface area contributed by atoms with Gasteiger partial charge < -0.3 is 5.32 Å². The van der Waals surface area contributed by atoms with Crippen LogP contribution in [-0.2, 0) is 0 Å². The lowest BCUT2D eigenvalue weighted by Crippen LogP contribution is -2.13. The van der Waals surface area contributed by atoms with Gasteiger partial charge in [0.2, 0.25) is 0 Å². The molecule has 2 aromatic heterocycles. The van der Waals surface area contributed by atoms with Crippen molar-refractivity contribution in [3.8, 4) is 0 Å². The van der Waals surface area contributed by atoms with Crippen LogP contribution < -0.4 is 10.6 Å². The second-order valence-electron chi connectivity index (χ2n) is 3.65. The maximum Gasteiger partial charge on any atom is 0.276 e. The van der Waals surface area contributed by atoms with Crippen molar-refractivity contribution in [3.63, 3.8) is 0 Å². The molecule has 6 heteroatoms. The van der Waals surface area contributed by atoms with E-state index in [9.17, 15) is 4.79 Å². The van der Waals surface area contributed by atoms with Gasteiger partial charge in [0.15, 0.2) is 5.13 Å². The van der Waals surface area contributed by atoms with E-state index in [4.69, 9.17) is 0 Å². The summed E-state index contributed by atoms with van der Waals surface area (Å²) in [6.45, 7) is 2.99. The Bertz CT molecular complexity index is 495. The lowest BCUT2D eigenvalue weighted by atomic mass is 10.3. The molecule has 0 atom stereocenters. The first-order valence-corrected chi connectivity index (χ1v) is 6.58. The Labute approximate surface area is 109 Å². The number of nitrogens with one attached hydrogen (secondary N) is 2. The highest BCUT2D eigenvalue weighted by molar-refractivity contribution is 7.13. The van der Waals surface area contributed by atoms with Crippen LogP contribution in [0, 0.1) is 0 Å². The number of nitrogens with zero attached hydrogens (tertiary/aromatic N) is 2. The smallest absolute Gasteiger partial charge is 0.276 e. The molecule has 18 heavy (non-hydrogen) atoms. The van der Waals surface area contributed by atoms with Crippen LogP contribution in [-0.4, -0.2) is 22.4 Å². The first-order chi connectivity index (χ1) is 8.79. The van der Waals surface area contributed by atoms with E-state index in [1.807, 2.05) is 6.07 Å². The van der Waals surface area contributed by atoms with Crippen LogP contribution in [0.2, 0.25) is 0 Å². The Morgan fingerprint density at radius 3 is 2.89 bits per heavy atom. The van der Waals surface area contributed by atoms with Crippen LogP contribution in [0.25, 0.3) is 0 Å². The number of hydrogen-bond donors (Lipinski definition) is 2. The van der Waals surface area contributed by atoms with E-state index >= 15 is 0 Å². The number of aromatic nitrogens is 2. The van der Waals surface area contributed by atoms with Crippen molar-refractivity contribution in [1.82, 2.24) is 9.97 Å². The summed E-state index contributed by atoms with van der Waals surface area (Å²) in [4.78, 5) is 19.9. The molecular formula is C12H14N4OS.